The summed E-state index contributed by atoms with van der Waals surface area (Å²) >= 11 is 0. The summed E-state index contributed by atoms with van der Waals surface area (Å²) in [4.78, 5) is 26.4. The number of aliphatic carboxylic acids is 1. The first-order valence-corrected chi connectivity index (χ1v) is 6.65. The van der Waals surface area contributed by atoms with Gasteiger partial charge in [0.25, 0.3) is 5.91 Å². The molecule has 21 heavy (non-hydrogen) atoms. The molecule has 0 spiro atoms. The van der Waals surface area contributed by atoms with Crippen LogP contribution in [0.1, 0.15) is 17.3 Å². The van der Waals surface area contributed by atoms with Crippen molar-refractivity contribution in [1.29, 1.82) is 0 Å². The van der Waals surface area contributed by atoms with Gasteiger partial charge in [-0.05, 0) is 25.1 Å². The maximum Gasteiger partial charge on any atom is 0.320 e. The Morgan fingerprint density at radius 1 is 1.24 bits per heavy atom. The van der Waals surface area contributed by atoms with Crippen LogP contribution in [-0.4, -0.2) is 64.1 Å². The molecule has 2 rings (SSSR count). The summed E-state index contributed by atoms with van der Waals surface area (Å²) in [7, 11) is 0. The van der Waals surface area contributed by atoms with E-state index < -0.39 is 23.7 Å². The predicted octanol–water partition coefficient (Wildman–Crippen LogP) is 0.762. The highest BCUT2D eigenvalue weighted by atomic mass is 19.1. The molecule has 2 N–H and O–H groups in total. The lowest BCUT2D eigenvalue weighted by Gasteiger charge is -2.36. The van der Waals surface area contributed by atoms with Crippen molar-refractivity contribution in [1.82, 2.24) is 9.80 Å². The van der Waals surface area contributed by atoms with Gasteiger partial charge in [-0.25, -0.2) is 4.39 Å². The van der Waals surface area contributed by atoms with E-state index >= 15 is 0 Å². The second-order valence-corrected chi connectivity index (χ2v) is 5.00. The molecule has 0 saturated carbocycles. The molecule has 1 atom stereocenters. The van der Waals surface area contributed by atoms with Crippen molar-refractivity contribution < 1.29 is 24.2 Å². The van der Waals surface area contributed by atoms with Crippen molar-refractivity contribution in [2.45, 2.75) is 13.0 Å². The van der Waals surface area contributed by atoms with Gasteiger partial charge in [0.2, 0.25) is 0 Å². The standard InChI is InChI=1S/C14H17FN2O4/c1-9(14(20)21)16-4-6-17(7-5-16)13(19)11-8-10(15)2-3-12(11)18/h2-3,8-9,18H,4-7H2,1H3,(H,20,21). The molecule has 1 heterocycles. The number of hydrogen-bond acceptors (Lipinski definition) is 4. The van der Waals surface area contributed by atoms with E-state index in [2.05, 4.69) is 0 Å². The first-order chi connectivity index (χ1) is 9.90. The molecule has 6 nitrogen and oxygen atoms in total. The maximum atomic E-state index is 13.2. The molecule has 1 aliphatic heterocycles. The molecule has 1 aliphatic rings. The number of nitrogens with zero attached hydrogens (tertiary/aromatic N) is 2. The summed E-state index contributed by atoms with van der Waals surface area (Å²) in [5, 5.41) is 18.6. The molecule has 1 aromatic rings. The average molecular weight is 296 g/mol. The maximum absolute atomic E-state index is 13.2. The first kappa shape index (κ1) is 15.2. The van der Waals surface area contributed by atoms with Crippen LogP contribution in [0, 0.1) is 5.82 Å². The molecule has 1 amide bonds. The lowest BCUT2D eigenvalue weighted by atomic mass is 10.1. The highest BCUT2D eigenvalue weighted by Crippen LogP contribution is 2.20. The van der Waals surface area contributed by atoms with Gasteiger partial charge in [-0.15, -0.1) is 0 Å². The van der Waals surface area contributed by atoms with Crippen LogP contribution in [0.3, 0.4) is 0 Å². The van der Waals surface area contributed by atoms with E-state index in [1.165, 1.54) is 4.90 Å². The number of phenolic OH excluding ortho intramolecular Hbond substituents is 1. The van der Waals surface area contributed by atoms with Crippen LogP contribution in [0.5, 0.6) is 5.75 Å². The molecular formula is C14H17FN2O4. The Balaban J connectivity index is 2.03. The van der Waals surface area contributed by atoms with Gasteiger partial charge in [0, 0.05) is 26.2 Å². The molecule has 7 heteroatoms. The zero-order valence-corrected chi connectivity index (χ0v) is 11.6. The number of benzene rings is 1. The molecule has 0 aliphatic carbocycles. The minimum absolute atomic E-state index is 0.0743. The molecule has 1 unspecified atom stereocenters. The SMILES string of the molecule is CC(C(=O)O)N1CCN(C(=O)c2cc(F)ccc2O)CC1. The van der Waals surface area contributed by atoms with Crippen molar-refractivity contribution in [2.75, 3.05) is 26.2 Å². The minimum atomic E-state index is -0.905. The van der Waals surface area contributed by atoms with E-state index in [4.69, 9.17) is 5.11 Å². The Morgan fingerprint density at radius 3 is 2.43 bits per heavy atom. The predicted molar refractivity (Wildman–Crippen MR) is 72.6 cm³/mol. The molecule has 0 radical (unpaired) electrons. The smallest absolute Gasteiger partial charge is 0.320 e. The number of rotatable bonds is 3. The monoisotopic (exact) mass is 296 g/mol. The summed E-state index contributed by atoms with van der Waals surface area (Å²) in [6.07, 6.45) is 0. The molecule has 1 saturated heterocycles. The Morgan fingerprint density at radius 2 is 1.86 bits per heavy atom. The fourth-order valence-electron chi connectivity index (χ4n) is 2.32. The van der Waals surface area contributed by atoms with Crippen molar-refractivity contribution in [3.63, 3.8) is 0 Å². The van der Waals surface area contributed by atoms with Gasteiger partial charge in [0.1, 0.15) is 17.6 Å². The quantitative estimate of drug-likeness (QED) is 0.861. The Labute approximate surface area is 121 Å². The van der Waals surface area contributed by atoms with Crippen molar-refractivity contribution in [2.24, 2.45) is 0 Å². The third-order valence-corrected chi connectivity index (χ3v) is 3.70. The van der Waals surface area contributed by atoms with E-state index in [1.54, 1.807) is 11.8 Å². The summed E-state index contributed by atoms with van der Waals surface area (Å²) in [5.74, 6) is -2.20. The third-order valence-electron chi connectivity index (χ3n) is 3.70. The van der Waals surface area contributed by atoms with Gasteiger partial charge in [-0.1, -0.05) is 0 Å². The van der Waals surface area contributed by atoms with E-state index in [1.807, 2.05) is 0 Å². The Bertz CT molecular complexity index is 556. The summed E-state index contributed by atoms with van der Waals surface area (Å²) in [5.41, 5.74) is -0.0743. The molecule has 0 aromatic heterocycles. The molecule has 1 aromatic carbocycles. The van der Waals surface area contributed by atoms with Gasteiger partial charge in [-0.2, -0.15) is 0 Å². The van der Waals surface area contributed by atoms with Gasteiger partial charge in [0.15, 0.2) is 0 Å². The van der Waals surface area contributed by atoms with Crippen LogP contribution in [-0.2, 0) is 4.79 Å². The van der Waals surface area contributed by atoms with Crippen LogP contribution in [0.4, 0.5) is 4.39 Å². The second kappa shape index (κ2) is 6.09. The van der Waals surface area contributed by atoms with Crippen LogP contribution >= 0.6 is 0 Å². The van der Waals surface area contributed by atoms with Gasteiger partial charge < -0.3 is 15.1 Å². The molecule has 0 bridgehead atoms. The summed E-state index contributed by atoms with van der Waals surface area (Å²) in [6, 6.07) is 2.62. The number of carbonyl (C=O) groups excluding carboxylic acids is 1. The summed E-state index contributed by atoms with van der Waals surface area (Å²) in [6.45, 7) is 3.13. The zero-order chi connectivity index (χ0) is 15.6. The lowest BCUT2D eigenvalue weighted by molar-refractivity contribution is -0.143. The second-order valence-electron chi connectivity index (χ2n) is 5.00. The normalized spacial score (nSPS) is 17.5. The fraction of sp³-hybridized carbons (Fsp3) is 0.429. The number of halogens is 1. The number of carboxylic acid groups (broad SMARTS) is 1. The van der Waals surface area contributed by atoms with Crippen LogP contribution in [0.25, 0.3) is 0 Å². The third kappa shape index (κ3) is 3.30. The molecular weight excluding hydrogens is 279 g/mol. The fourth-order valence-corrected chi connectivity index (χ4v) is 2.32. The van der Waals surface area contributed by atoms with Crippen molar-refractivity contribution in [3.8, 4) is 5.75 Å². The number of hydrogen-bond donors (Lipinski definition) is 2. The number of amides is 1. The van der Waals surface area contributed by atoms with E-state index in [0.717, 1.165) is 18.2 Å². The van der Waals surface area contributed by atoms with Gasteiger partial charge in [-0.3, -0.25) is 14.5 Å². The van der Waals surface area contributed by atoms with Gasteiger partial charge in [0.05, 0.1) is 5.56 Å². The minimum Gasteiger partial charge on any atom is -0.507 e. The highest BCUT2D eigenvalue weighted by molar-refractivity contribution is 5.96. The number of piperazine rings is 1. The number of phenols is 1. The Hall–Kier alpha value is -2.15. The largest absolute Gasteiger partial charge is 0.507 e. The van der Waals surface area contributed by atoms with Crippen LogP contribution in [0.15, 0.2) is 18.2 Å². The van der Waals surface area contributed by atoms with E-state index in [9.17, 15) is 19.1 Å². The lowest BCUT2D eigenvalue weighted by Crippen LogP contribution is -2.53. The summed E-state index contributed by atoms with van der Waals surface area (Å²) < 4.78 is 13.2. The van der Waals surface area contributed by atoms with Crippen molar-refractivity contribution in [3.05, 3.63) is 29.6 Å². The average Bonchev–Trinajstić information content (AvgIpc) is 2.48. The Kier molecular flexibility index (Phi) is 4.42. The van der Waals surface area contributed by atoms with E-state index in [-0.39, 0.29) is 11.3 Å². The molecule has 1 fully saturated rings. The van der Waals surface area contributed by atoms with Crippen LogP contribution < -0.4 is 0 Å². The zero-order valence-electron chi connectivity index (χ0n) is 11.6. The highest BCUT2D eigenvalue weighted by Gasteiger charge is 2.28. The number of carbonyl (C=O) groups is 2. The molecule has 114 valence electrons. The topological polar surface area (TPSA) is 81.1 Å². The van der Waals surface area contributed by atoms with Gasteiger partial charge >= 0.3 is 5.97 Å². The van der Waals surface area contributed by atoms with E-state index in [0.29, 0.717) is 26.2 Å². The van der Waals surface area contributed by atoms with Crippen LogP contribution in [0.2, 0.25) is 0 Å². The number of carboxylic acids is 1. The number of aromatic hydroxyl groups is 1. The van der Waals surface area contributed by atoms with Crippen molar-refractivity contribution >= 4 is 11.9 Å². The first-order valence-electron chi connectivity index (χ1n) is 6.65.